The second-order valence-electron chi connectivity index (χ2n) is 5.92. The molecule has 0 spiro atoms. The topological polar surface area (TPSA) is 33.7 Å². The van der Waals surface area contributed by atoms with Crippen LogP contribution in [0.25, 0.3) is 0 Å². The van der Waals surface area contributed by atoms with Gasteiger partial charge in [0.25, 0.3) is 0 Å². The summed E-state index contributed by atoms with van der Waals surface area (Å²) in [7, 11) is 1.74. The molecule has 1 aromatic carbocycles. The first-order valence-corrected chi connectivity index (χ1v) is 8.07. The Bertz CT molecular complexity index is 458. The largest absolute Gasteiger partial charge is 0.497 e. The molecule has 21 heavy (non-hydrogen) atoms. The molecule has 1 heterocycles. The van der Waals surface area contributed by atoms with Crippen molar-refractivity contribution in [2.24, 2.45) is 0 Å². The maximum absolute atomic E-state index is 5.39. The van der Waals surface area contributed by atoms with Crippen molar-refractivity contribution in [3.05, 3.63) is 29.3 Å². The van der Waals surface area contributed by atoms with E-state index in [0.29, 0.717) is 6.04 Å². The molecule has 2 aliphatic rings. The summed E-state index contributed by atoms with van der Waals surface area (Å²) in [6.45, 7) is 6.04. The zero-order valence-corrected chi connectivity index (χ0v) is 12.9. The van der Waals surface area contributed by atoms with Gasteiger partial charge in [0, 0.05) is 32.2 Å². The van der Waals surface area contributed by atoms with Gasteiger partial charge in [0.15, 0.2) is 0 Å². The van der Waals surface area contributed by atoms with E-state index in [-0.39, 0.29) is 0 Å². The molecule has 4 heteroatoms. The van der Waals surface area contributed by atoms with Crippen LogP contribution in [0.4, 0.5) is 0 Å². The second kappa shape index (κ2) is 7.25. The number of ether oxygens (including phenoxy) is 2. The van der Waals surface area contributed by atoms with Crippen molar-refractivity contribution in [2.75, 3.05) is 46.5 Å². The molecule has 1 atom stereocenters. The van der Waals surface area contributed by atoms with Crippen molar-refractivity contribution in [3.8, 4) is 5.75 Å². The fourth-order valence-electron chi connectivity index (χ4n) is 3.34. The van der Waals surface area contributed by atoms with Gasteiger partial charge in [-0.25, -0.2) is 0 Å². The lowest BCUT2D eigenvalue weighted by Gasteiger charge is -2.30. The van der Waals surface area contributed by atoms with Crippen molar-refractivity contribution >= 4 is 0 Å². The number of hydrogen-bond donors (Lipinski definition) is 1. The van der Waals surface area contributed by atoms with E-state index in [1.54, 1.807) is 7.11 Å². The van der Waals surface area contributed by atoms with E-state index in [1.165, 1.54) is 30.4 Å². The molecule has 116 valence electrons. The zero-order valence-electron chi connectivity index (χ0n) is 12.9. The number of benzene rings is 1. The van der Waals surface area contributed by atoms with Crippen molar-refractivity contribution < 1.29 is 9.47 Å². The Hall–Kier alpha value is -1.10. The quantitative estimate of drug-likeness (QED) is 0.899. The Labute approximate surface area is 127 Å². The third-order valence-corrected chi connectivity index (χ3v) is 4.59. The zero-order chi connectivity index (χ0) is 14.5. The van der Waals surface area contributed by atoms with Crippen LogP contribution in [-0.4, -0.2) is 51.4 Å². The van der Waals surface area contributed by atoms with Crippen molar-refractivity contribution in [3.63, 3.8) is 0 Å². The molecule has 1 fully saturated rings. The Morgan fingerprint density at radius 2 is 2.19 bits per heavy atom. The van der Waals surface area contributed by atoms with Crippen molar-refractivity contribution in [1.82, 2.24) is 10.2 Å². The minimum Gasteiger partial charge on any atom is -0.497 e. The molecule has 1 aliphatic carbocycles. The maximum atomic E-state index is 5.39. The van der Waals surface area contributed by atoms with Crippen LogP contribution in [-0.2, 0) is 11.2 Å². The van der Waals surface area contributed by atoms with Gasteiger partial charge in [-0.15, -0.1) is 0 Å². The highest BCUT2D eigenvalue weighted by Crippen LogP contribution is 2.32. The molecular formula is C17H26N2O2. The highest BCUT2D eigenvalue weighted by molar-refractivity contribution is 5.39. The predicted molar refractivity (Wildman–Crippen MR) is 83.9 cm³/mol. The molecule has 0 aromatic heterocycles. The number of methoxy groups -OCH3 is 1. The first-order valence-electron chi connectivity index (χ1n) is 8.07. The summed E-state index contributed by atoms with van der Waals surface area (Å²) < 4.78 is 10.8. The van der Waals surface area contributed by atoms with Gasteiger partial charge in [-0.1, -0.05) is 6.07 Å². The smallest absolute Gasteiger partial charge is 0.119 e. The number of morpholine rings is 1. The molecule has 1 unspecified atom stereocenters. The molecule has 0 saturated carbocycles. The number of aryl methyl sites for hydroxylation is 1. The number of rotatable bonds is 5. The van der Waals surface area contributed by atoms with E-state index >= 15 is 0 Å². The van der Waals surface area contributed by atoms with Crippen LogP contribution >= 0.6 is 0 Å². The maximum Gasteiger partial charge on any atom is 0.119 e. The third kappa shape index (κ3) is 3.76. The number of nitrogens with one attached hydrogen (secondary N) is 1. The van der Waals surface area contributed by atoms with Crippen molar-refractivity contribution in [1.29, 1.82) is 0 Å². The summed E-state index contributed by atoms with van der Waals surface area (Å²) in [5.74, 6) is 0.968. The molecule has 1 saturated heterocycles. The van der Waals surface area contributed by atoms with Crippen LogP contribution in [0.2, 0.25) is 0 Å². The van der Waals surface area contributed by atoms with E-state index < -0.39 is 0 Å². The van der Waals surface area contributed by atoms with Gasteiger partial charge in [0.2, 0.25) is 0 Å². The Morgan fingerprint density at radius 1 is 1.33 bits per heavy atom. The van der Waals surface area contributed by atoms with Crippen LogP contribution < -0.4 is 10.1 Å². The second-order valence-corrected chi connectivity index (χ2v) is 5.92. The van der Waals surface area contributed by atoms with Gasteiger partial charge in [0.05, 0.1) is 20.3 Å². The number of fused-ring (bicyclic) bond motifs is 1. The summed E-state index contributed by atoms with van der Waals surface area (Å²) >= 11 is 0. The van der Waals surface area contributed by atoms with E-state index in [9.17, 15) is 0 Å². The lowest BCUT2D eigenvalue weighted by atomic mass is 9.87. The Kier molecular flexibility index (Phi) is 5.12. The van der Waals surface area contributed by atoms with Gasteiger partial charge in [-0.05, 0) is 42.5 Å². The van der Waals surface area contributed by atoms with Crippen LogP contribution in [0.1, 0.15) is 30.0 Å². The molecule has 0 amide bonds. The van der Waals surface area contributed by atoms with Crippen LogP contribution in [0.5, 0.6) is 5.75 Å². The van der Waals surface area contributed by atoms with E-state index in [4.69, 9.17) is 9.47 Å². The molecule has 1 aromatic rings. The molecular weight excluding hydrogens is 264 g/mol. The lowest BCUT2D eigenvalue weighted by molar-refractivity contribution is 0.0380. The van der Waals surface area contributed by atoms with E-state index in [0.717, 1.165) is 45.1 Å². The normalized spacial score (nSPS) is 22.8. The van der Waals surface area contributed by atoms with Crippen LogP contribution in [0.3, 0.4) is 0 Å². The summed E-state index contributed by atoms with van der Waals surface area (Å²) in [4.78, 5) is 2.48. The minimum atomic E-state index is 0.477. The average Bonchev–Trinajstić information content (AvgIpc) is 2.55. The highest BCUT2D eigenvalue weighted by Gasteiger charge is 2.20. The third-order valence-electron chi connectivity index (χ3n) is 4.59. The molecule has 1 N–H and O–H groups in total. The van der Waals surface area contributed by atoms with Gasteiger partial charge in [-0.3, -0.25) is 4.90 Å². The monoisotopic (exact) mass is 290 g/mol. The summed E-state index contributed by atoms with van der Waals surface area (Å²) in [5.41, 5.74) is 2.91. The van der Waals surface area contributed by atoms with Gasteiger partial charge >= 0.3 is 0 Å². The predicted octanol–water partition coefficient (Wildman–Crippen LogP) is 1.99. The van der Waals surface area contributed by atoms with Crippen molar-refractivity contribution in [2.45, 2.75) is 25.3 Å². The highest BCUT2D eigenvalue weighted by atomic mass is 16.5. The SMILES string of the molecule is COc1ccc2c(c1)C(NCCN1CCOCC1)CCC2. The standard InChI is InChI=1S/C17H26N2O2/c1-20-15-6-5-14-3-2-4-17(16(14)13-15)18-7-8-19-9-11-21-12-10-19/h5-6,13,17-18H,2-4,7-12H2,1H3. The Balaban J connectivity index is 1.56. The van der Waals surface area contributed by atoms with Gasteiger partial charge in [-0.2, -0.15) is 0 Å². The number of nitrogens with zero attached hydrogens (tertiary/aromatic N) is 1. The minimum absolute atomic E-state index is 0.477. The number of hydrogen-bond acceptors (Lipinski definition) is 4. The summed E-state index contributed by atoms with van der Waals surface area (Å²) in [5, 5.41) is 3.74. The lowest BCUT2D eigenvalue weighted by Crippen LogP contribution is -2.41. The molecule has 0 radical (unpaired) electrons. The first-order chi connectivity index (χ1) is 10.4. The summed E-state index contributed by atoms with van der Waals surface area (Å²) in [6.07, 6.45) is 3.69. The molecule has 4 nitrogen and oxygen atoms in total. The molecule has 0 bridgehead atoms. The van der Waals surface area contributed by atoms with Gasteiger partial charge < -0.3 is 14.8 Å². The van der Waals surface area contributed by atoms with E-state index in [2.05, 4.69) is 28.4 Å². The van der Waals surface area contributed by atoms with Crippen LogP contribution in [0, 0.1) is 0 Å². The van der Waals surface area contributed by atoms with E-state index in [1.807, 2.05) is 0 Å². The average molecular weight is 290 g/mol. The Morgan fingerprint density at radius 3 is 3.00 bits per heavy atom. The molecule has 1 aliphatic heterocycles. The summed E-state index contributed by atoms with van der Waals surface area (Å²) in [6, 6.07) is 6.99. The molecule has 3 rings (SSSR count). The fraction of sp³-hybridized carbons (Fsp3) is 0.647. The fourth-order valence-corrected chi connectivity index (χ4v) is 3.34. The van der Waals surface area contributed by atoms with Gasteiger partial charge in [0.1, 0.15) is 5.75 Å². The van der Waals surface area contributed by atoms with Crippen LogP contribution in [0.15, 0.2) is 18.2 Å². The first kappa shape index (κ1) is 14.8.